The number of carbonyl (C=O) groups excluding carboxylic acids is 1. The highest BCUT2D eigenvalue weighted by molar-refractivity contribution is 7.99. The van der Waals surface area contributed by atoms with Crippen LogP contribution in [0, 0.1) is 5.82 Å². The third-order valence-corrected chi connectivity index (χ3v) is 4.28. The van der Waals surface area contributed by atoms with Crippen molar-refractivity contribution in [1.82, 2.24) is 5.32 Å². The SMILES string of the molecule is O=C(CSCCCc1ccccc1)NCc1ccc(F)cc1. The van der Waals surface area contributed by atoms with Crippen LogP contribution in [-0.4, -0.2) is 17.4 Å². The minimum Gasteiger partial charge on any atom is -0.351 e. The van der Waals surface area contributed by atoms with Crippen LogP contribution in [0.25, 0.3) is 0 Å². The summed E-state index contributed by atoms with van der Waals surface area (Å²) in [5, 5.41) is 2.84. The Morgan fingerprint density at radius 3 is 2.45 bits per heavy atom. The van der Waals surface area contributed by atoms with Crippen LogP contribution in [0.1, 0.15) is 17.5 Å². The molecule has 0 spiro atoms. The van der Waals surface area contributed by atoms with E-state index in [-0.39, 0.29) is 11.7 Å². The van der Waals surface area contributed by atoms with Gasteiger partial charge in [0.15, 0.2) is 0 Å². The van der Waals surface area contributed by atoms with Crippen molar-refractivity contribution in [3.63, 3.8) is 0 Å². The molecule has 0 bridgehead atoms. The Morgan fingerprint density at radius 2 is 1.73 bits per heavy atom. The van der Waals surface area contributed by atoms with Crippen LogP contribution in [-0.2, 0) is 17.8 Å². The molecule has 0 heterocycles. The van der Waals surface area contributed by atoms with Gasteiger partial charge in [0.2, 0.25) is 5.91 Å². The van der Waals surface area contributed by atoms with Gasteiger partial charge in [-0.05, 0) is 41.9 Å². The van der Waals surface area contributed by atoms with E-state index in [0.717, 1.165) is 24.2 Å². The number of benzene rings is 2. The van der Waals surface area contributed by atoms with Gasteiger partial charge in [-0.3, -0.25) is 4.79 Å². The first-order chi connectivity index (χ1) is 10.7. The number of hydrogen-bond acceptors (Lipinski definition) is 2. The quantitative estimate of drug-likeness (QED) is 0.750. The fraction of sp³-hybridized carbons (Fsp3) is 0.278. The molecule has 0 aromatic heterocycles. The van der Waals surface area contributed by atoms with E-state index in [1.807, 2.05) is 18.2 Å². The van der Waals surface area contributed by atoms with E-state index in [2.05, 4.69) is 17.4 Å². The second kappa shape index (κ2) is 9.26. The van der Waals surface area contributed by atoms with Crippen molar-refractivity contribution in [3.05, 3.63) is 71.5 Å². The molecule has 0 fully saturated rings. The summed E-state index contributed by atoms with van der Waals surface area (Å²) in [7, 11) is 0. The maximum absolute atomic E-state index is 12.8. The molecular weight excluding hydrogens is 297 g/mol. The zero-order valence-corrected chi connectivity index (χ0v) is 13.2. The lowest BCUT2D eigenvalue weighted by Crippen LogP contribution is -2.24. The highest BCUT2D eigenvalue weighted by atomic mass is 32.2. The number of rotatable bonds is 8. The van der Waals surface area contributed by atoms with E-state index in [1.165, 1.54) is 17.7 Å². The van der Waals surface area contributed by atoms with E-state index in [9.17, 15) is 9.18 Å². The largest absolute Gasteiger partial charge is 0.351 e. The highest BCUT2D eigenvalue weighted by Crippen LogP contribution is 2.08. The van der Waals surface area contributed by atoms with Gasteiger partial charge in [-0.15, -0.1) is 0 Å². The van der Waals surface area contributed by atoms with E-state index >= 15 is 0 Å². The molecule has 22 heavy (non-hydrogen) atoms. The van der Waals surface area contributed by atoms with E-state index in [4.69, 9.17) is 0 Å². The van der Waals surface area contributed by atoms with Crippen LogP contribution in [0.4, 0.5) is 4.39 Å². The Morgan fingerprint density at radius 1 is 1.00 bits per heavy atom. The van der Waals surface area contributed by atoms with Crippen molar-refractivity contribution in [2.45, 2.75) is 19.4 Å². The van der Waals surface area contributed by atoms with Gasteiger partial charge in [-0.25, -0.2) is 4.39 Å². The van der Waals surface area contributed by atoms with Gasteiger partial charge in [-0.1, -0.05) is 42.5 Å². The molecule has 0 aliphatic carbocycles. The third kappa shape index (κ3) is 6.31. The molecule has 0 unspecified atom stereocenters. The Kier molecular flexibility index (Phi) is 6.97. The smallest absolute Gasteiger partial charge is 0.230 e. The predicted octanol–water partition coefficient (Wildman–Crippen LogP) is 3.81. The van der Waals surface area contributed by atoms with E-state index in [0.29, 0.717) is 12.3 Å². The molecule has 0 saturated heterocycles. The van der Waals surface area contributed by atoms with Crippen LogP contribution in [0.15, 0.2) is 54.6 Å². The molecule has 2 nitrogen and oxygen atoms in total. The Labute approximate surface area is 135 Å². The molecule has 0 saturated carbocycles. The Hall–Kier alpha value is -1.81. The molecule has 1 N–H and O–H groups in total. The zero-order valence-electron chi connectivity index (χ0n) is 12.4. The molecule has 0 radical (unpaired) electrons. The summed E-state index contributed by atoms with van der Waals surface area (Å²) >= 11 is 1.65. The summed E-state index contributed by atoms with van der Waals surface area (Å²) < 4.78 is 12.8. The number of thioether (sulfide) groups is 1. The third-order valence-electron chi connectivity index (χ3n) is 3.23. The maximum atomic E-state index is 12.8. The number of carbonyl (C=O) groups is 1. The maximum Gasteiger partial charge on any atom is 0.230 e. The summed E-state index contributed by atoms with van der Waals surface area (Å²) in [6, 6.07) is 16.5. The van der Waals surface area contributed by atoms with Crippen LogP contribution < -0.4 is 5.32 Å². The number of nitrogens with one attached hydrogen (secondary N) is 1. The van der Waals surface area contributed by atoms with Gasteiger partial charge in [0.25, 0.3) is 0 Å². The van der Waals surface area contributed by atoms with Crippen molar-refractivity contribution in [2.75, 3.05) is 11.5 Å². The van der Waals surface area contributed by atoms with E-state index < -0.39 is 0 Å². The van der Waals surface area contributed by atoms with Gasteiger partial charge in [0.1, 0.15) is 5.82 Å². The second-order valence-electron chi connectivity index (χ2n) is 5.04. The Bertz CT molecular complexity index is 571. The number of aryl methyl sites for hydroxylation is 1. The van der Waals surface area contributed by atoms with Crippen molar-refractivity contribution >= 4 is 17.7 Å². The van der Waals surface area contributed by atoms with Gasteiger partial charge in [0, 0.05) is 6.54 Å². The molecule has 2 rings (SSSR count). The summed E-state index contributed by atoms with van der Waals surface area (Å²) in [4.78, 5) is 11.7. The Balaban J connectivity index is 1.55. The first-order valence-corrected chi connectivity index (χ1v) is 8.52. The van der Waals surface area contributed by atoms with Gasteiger partial charge >= 0.3 is 0 Å². The lowest BCUT2D eigenvalue weighted by Gasteiger charge is -2.05. The second-order valence-corrected chi connectivity index (χ2v) is 6.15. The molecule has 116 valence electrons. The summed E-state index contributed by atoms with van der Waals surface area (Å²) in [6.07, 6.45) is 2.12. The highest BCUT2D eigenvalue weighted by Gasteiger charge is 2.02. The summed E-state index contributed by atoms with van der Waals surface area (Å²) in [5.41, 5.74) is 2.24. The molecule has 0 aliphatic heterocycles. The van der Waals surface area contributed by atoms with Crippen LogP contribution >= 0.6 is 11.8 Å². The molecule has 2 aromatic carbocycles. The minimum atomic E-state index is -0.260. The van der Waals surface area contributed by atoms with Crippen molar-refractivity contribution in [2.24, 2.45) is 0 Å². The standard InChI is InChI=1S/C18H20FNOS/c19-17-10-8-16(9-11-17)13-20-18(21)14-22-12-4-7-15-5-2-1-3-6-15/h1-3,5-6,8-11H,4,7,12-14H2,(H,20,21). The molecular formula is C18H20FNOS. The number of amides is 1. The molecule has 0 aliphatic rings. The number of halogens is 1. The fourth-order valence-electron chi connectivity index (χ4n) is 2.04. The average molecular weight is 317 g/mol. The minimum absolute atomic E-state index is 0.0223. The molecule has 2 aromatic rings. The normalized spacial score (nSPS) is 10.4. The van der Waals surface area contributed by atoms with E-state index in [1.54, 1.807) is 23.9 Å². The van der Waals surface area contributed by atoms with Gasteiger partial charge in [-0.2, -0.15) is 11.8 Å². The zero-order chi connectivity index (χ0) is 15.6. The van der Waals surface area contributed by atoms with Crippen LogP contribution in [0.2, 0.25) is 0 Å². The van der Waals surface area contributed by atoms with Gasteiger partial charge in [0.05, 0.1) is 5.75 Å². The predicted molar refractivity (Wildman–Crippen MR) is 90.3 cm³/mol. The molecule has 4 heteroatoms. The van der Waals surface area contributed by atoms with Crippen molar-refractivity contribution in [1.29, 1.82) is 0 Å². The van der Waals surface area contributed by atoms with Crippen LogP contribution in [0.3, 0.4) is 0 Å². The molecule has 1 amide bonds. The van der Waals surface area contributed by atoms with Crippen molar-refractivity contribution < 1.29 is 9.18 Å². The lowest BCUT2D eigenvalue weighted by molar-refractivity contribution is -0.118. The summed E-state index contributed by atoms with van der Waals surface area (Å²) in [5.74, 6) is 1.20. The summed E-state index contributed by atoms with van der Waals surface area (Å²) in [6.45, 7) is 0.448. The average Bonchev–Trinajstić information content (AvgIpc) is 2.55. The number of hydrogen-bond donors (Lipinski definition) is 1. The van der Waals surface area contributed by atoms with Crippen molar-refractivity contribution in [3.8, 4) is 0 Å². The monoisotopic (exact) mass is 317 g/mol. The first-order valence-electron chi connectivity index (χ1n) is 7.37. The lowest BCUT2D eigenvalue weighted by atomic mass is 10.1. The molecule has 0 atom stereocenters. The topological polar surface area (TPSA) is 29.1 Å². The first kappa shape index (κ1) is 16.6. The fourth-order valence-corrected chi connectivity index (χ4v) is 2.82. The van der Waals surface area contributed by atoms with Crippen LogP contribution in [0.5, 0.6) is 0 Å². The van der Waals surface area contributed by atoms with Gasteiger partial charge < -0.3 is 5.32 Å².